The Hall–Kier alpha value is -1.22. The zero-order valence-corrected chi connectivity index (χ0v) is 15.4. The lowest BCUT2D eigenvalue weighted by Crippen LogP contribution is -2.44. The average molecular weight is 421 g/mol. The molecule has 0 radical (unpaired) electrons. The molecule has 1 heterocycles. The van der Waals surface area contributed by atoms with E-state index in [0.717, 1.165) is 36.6 Å². The maximum absolute atomic E-state index is 5.99. The summed E-state index contributed by atoms with van der Waals surface area (Å²) in [6.07, 6.45) is 0.811. The van der Waals surface area contributed by atoms with Crippen LogP contribution in [0.3, 0.4) is 0 Å². The normalized spacial score (nSPS) is 15.2. The van der Waals surface area contributed by atoms with Crippen molar-refractivity contribution in [2.45, 2.75) is 6.42 Å². The molecule has 2 N–H and O–H groups in total. The second-order valence-corrected chi connectivity index (χ2v) is 4.78. The maximum atomic E-state index is 5.99. The highest BCUT2D eigenvalue weighted by Gasteiger charge is 2.11. The molecule has 1 aromatic rings. The van der Waals surface area contributed by atoms with Gasteiger partial charge in [0, 0.05) is 19.6 Å². The summed E-state index contributed by atoms with van der Waals surface area (Å²) in [5.41, 5.74) is 7.13. The Bertz CT molecular complexity index is 491. The fourth-order valence-electron chi connectivity index (χ4n) is 2.23. The van der Waals surface area contributed by atoms with E-state index in [9.17, 15) is 0 Å². The third-order valence-corrected chi connectivity index (χ3v) is 3.46. The number of hydrogen-bond donors (Lipinski definition) is 1. The Morgan fingerprint density at radius 1 is 1.23 bits per heavy atom. The van der Waals surface area contributed by atoms with Crippen LogP contribution < -0.4 is 15.2 Å². The fraction of sp³-hybridized carbons (Fsp3) is 0.533. The minimum Gasteiger partial charge on any atom is -0.493 e. The molecule has 0 aromatic heterocycles. The zero-order chi connectivity index (χ0) is 15.1. The molecule has 1 saturated heterocycles. The molecule has 0 aliphatic carbocycles. The van der Waals surface area contributed by atoms with Crippen LogP contribution in [0.4, 0.5) is 0 Å². The summed E-state index contributed by atoms with van der Waals surface area (Å²) < 4.78 is 15.8. The van der Waals surface area contributed by atoms with Gasteiger partial charge >= 0.3 is 0 Å². The number of ether oxygens (including phenoxy) is 3. The SMILES string of the molecule is COc1ccc(CCN=C(N)N2CCOCC2)cc1OC.I. The number of morpholine rings is 1. The van der Waals surface area contributed by atoms with Crippen LogP contribution in [0, 0.1) is 0 Å². The Morgan fingerprint density at radius 3 is 2.55 bits per heavy atom. The molecule has 1 aliphatic rings. The summed E-state index contributed by atoms with van der Waals surface area (Å²) in [4.78, 5) is 6.49. The van der Waals surface area contributed by atoms with Crippen molar-refractivity contribution in [3.8, 4) is 11.5 Å². The van der Waals surface area contributed by atoms with E-state index < -0.39 is 0 Å². The highest BCUT2D eigenvalue weighted by molar-refractivity contribution is 14.0. The zero-order valence-electron chi connectivity index (χ0n) is 13.1. The molecule has 2 rings (SSSR count). The molecule has 0 bridgehead atoms. The molecular formula is C15H24IN3O3. The van der Waals surface area contributed by atoms with Crippen molar-refractivity contribution in [3.63, 3.8) is 0 Å². The summed E-state index contributed by atoms with van der Waals surface area (Å²) >= 11 is 0. The number of benzene rings is 1. The van der Waals surface area contributed by atoms with Gasteiger partial charge in [-0.2, -0.15) is 0 Å². The monoisotopic (exact) mass is 421 g/mol. The molecule has 1 aliphatic heterocycles. The lowest BCUT2D eigenvalue weighted by Gasteiger charge is -2.27. The van der Waals surface area contributed by atoms with Gasteiger partial charge in [0.2, 0.25) is 0 Å². The Balaban J connectivity index is 0.00000242. The summed E-state index contributed by atoms with van der Waals surface area (Å²) in [5, 5.41) is 0. The van der Waals surface area contributed by atoms with E-state index in [1.807, 2.05) is 18.2 Å². The van der Waals surface area contributed by atoms with E-state index in [1.54, 1.807) is 14.2 Å². The molecular weight excluding hydrogens is 397 g/mol. The lowest BCUT2D eigenvalue weighted by molar-refractivity contribution is 0.0674. The van der Waals surface area contributed by atoms with Crippen LogP contribution >= 0.6 is 24.0 Å². The Kier molecular flexibility index (Phi) is 8.32. The van der Waals surface area contributed by atoms with Crippen molar-refractivity contribution >= 4 is 29.9 Å². The van der Waals surface area contributed by atoms with Crippen LogP contribution in [0.5, 0.6) is 11.5 Å². The van der Waals surface area contributed by atoms with Gasteiger partial charge in [-0.05, 0) is 24.1 Å². The van der Waals surface area contributed by atoms with Crippen LogP contribution in [0.1, 0.15) is 5.56 Å². The molecule has 0 spiro atoms. The first kappa shape index (κ1) is 18.8. The fourth-order valence-corrected chi connectivity index (χ4v) is 2.23. The van der Waals surface area contributed by atoms with Gasteiger partial charge in [0.15, 0.2) is 17.5 Å². The van der Waals surface area contributed by atoms with Gasteiger partial charge < -0.3 is 24.8 Å². The number of nitrogens with two attached hydrogens (primary N) is 1. The van der Waals surface area contributed by atoms with E-state index in [1.165, 1.54) is 0 Å². The average Bonchev–Trinajstić information content (AvgIpc) is 2.55. The second kappa shape index (κ2) is 9.73. The van der Waals surface area contributed by atoms with Crippen LogP contribution in [0.2, 0.25) is 0 Å². The van der Waals surface area contributed by atoms with Gasteiger partial charge in [-0.1, -0.05) is 6.07 Å². The predicted molar refractivity (Wildman–Crippen MR) is 97.5 cm³/mol. The van der Waals surface area contributed by atoms with E-state index in [4.69, 9.17) is 19.9 Å². The van der Waals surface area contributed by atoms with E-state index in [2.05, 4.69) is 9.89 Å². The van der Waals surface area contributed by atoms with Crippen molar-refractivity contribution in [3.05, 3.63) is 23.8 Å². The van der Waals surface area contributed by atoms with Crippen molar-refractivity contribution in [2.24, 2.45) is 10.7 Å². The van der Waals surface area contributed by atoms with Gasteiger partial charge in [-0.15, -0.1) is 24.0 Å². The van der Waals surface area contributed by atoms with Crippen LogP contribution in [-0.2, 0) is 11.2 Å². The van der Waals surface area contributed by atoms with Gasteiger partial charge in [-0.3, -0.25) is 4.99 Å². The second-order valence-electron chi connectivity index (χ2n) is 4.78. The topological polar surface area (TPSA) is 69.3 Å². The van der Waals surface area contributed by atoms with Crippen molar-refractivity contribution in [1.82, 2.24) is 4.90 Å². The number of rotatable bonds is 5. The summed E-state index contributed by atoms with van der Waals surface area (Å²) in [7, 11) is 3.26. The number of nitrogens with zero attached hydrogens (tertiary/aromatic N) is 2. The predicted octanol–water partition coefficient (Wildman–Crippen LogP) is 1.51. The molecule has 1 fully saturated rings. The number of halogens is 1. The van der Waals surface area contributed by atoms with Crippen molar-refractivity contribution < 1.29 is 14.2 Å². The van der Waals surface area contributed by atoms with Gasteiger partial charge in [0.05, 0.1) is 27.4 Å². The third kappa shape index (κ3) is 5.20. The third-order valence-electron chi connectivity index (χ3n) is 3.46. The minimum atomic E-state index is 0. The first-order chi connectivity index (χ1) is 10.2. The number of aliphatic imine (C=N–C) groups is 1. The summed E-state index contributed by atoms with van der Waals surface area (Å²) in [6, 6.07) is 5.89. The molecule has 22 heavy (non-hydrogen) atoms. The van der Waals surface area contributed by atoms with Crippen molar-refractivity contribution in [2.75, 3.05) is 47.1 Å². The Labute approximate surface area is 148 Å². The number of methoxy groups -OCH3 is 2. The van der Waals surface area contributed by atoms with Gasteiger partial charge in [-0.25, -0.2) is 0 Å². The highest BCUT2D eigenvalue weighted by atomic mass is 127. The lowest BCUT2D eigenvalue weighted by atomic mass is 10.1. The van der Waals surface area contributed by atoms with Crippen LogP contribution in [0.25, 0.3) is 0 Å². The number of guanidine groups is 1. The van der Waals surface area contributed by atoms with Crippen molar-refractivity contribution in [1.29, 1.82) is 0 Å². The molecule has 0 atom stereocenters. The molecule has 7 heteroatoms. The van der Waals surface area contributed by atoms with E-state index in [0.29, 0.717) is 25.7 Å². The largest absolute Gasteiger partial charge is 0.493 e. The van der Waals surface area contributed by atoms with Crippen LogP contribution in [-0.4, -0.2) is 57.9 Å². The molecule has 6 nitrogen and oxygen atoms in total. The quantitative estimate of drug-likeness (QED) is 0.444. The molecule has 0 amide bonds. The highest BCUT2D eigenvalue weighted by Crippen LogP contribution is 2.27. The van der Waals surface area contributed by atoms with Crippen LogP contribution in [0.15, 0.2) is 23.2 Å². The standard InChI is InChI=1S/C15H23N3O3.HI/c1-19-13-4-3-12(11-14(13)20-2)5-6-17-15(16)18-7-9-21-10-8-18;/h3-4,11H,5-10H2,1-2H3,(H2,16,17);1H. The van der Waals surface area contributed by atoms with Gasteiger partial charge in [0.25, 0.3) is 0 Å². The molecule has 0 saturated carbocycles. The molecule has 0 unspecified atom stereocenters. The molecule has 124 valence electrons. The van der Waals surface area contributed by atoms with E-state index in [-0.39, 0.29) is 24.0 Å². The summed E-state index contributed by atoms with van der Waals surface area (Å²) in [5.74, 6) is 2.07. The van der Waals surface area contributed by atoms with Gasteiger partial charge in [0.1, 0.15) is 0 Å². The van der Waals surface area contributed by atoms with E-state index >= 15 is 0 Å². The Morgan fingerprint density at radius 2 is 1.91 bits per heavy atom. The summed E-state index contributed by atoms with van der Waals surface area (Å²) in [6.45, 7) is 3.70. The maximum Gasteiger partial charge on any atom is 0.191 e. The first-order valence-corrected chi connectivity index (χ1v) is 7.08. The smallest absolute Gasteiger partial charge is 0.191 e. The minimum absolute atomic E-state index is 0. The molecule has 1 aromatic carbocycles. The first-order valence-electron chi connectivity index (χ1n) is 7.08. The number of hydrogen-bond acceptors (Lipinski definition) is 4.